The molecule has 4 nitrogen and oxygen atoms in total. The van der Waals surface area contributed by atoms with Gasteiger partial charge in [-0.05, 0) is 48.0 Å². The number of ether oxygens (including phenoxy) is 1. The zero-order valence-corrected chi connectivity index (χ0v) is 19.3. The van der Waals surface area contributed by atoms with Gasteiger partial charge in [0, 0.05) is 28.2 Å². The Morgan fingerprint density at radius 1 is 1.03 bits per heavy atom. The third kappa shape index (κ3) is 7.18. The molecule has 0 saturated carbocycles. The topological polar surface area (TPSA) is 59.4 Å². The number of halogens is 3. The minimum absolute atomic E-state index is 0.417. The van der Waals surface area contributed by atoms with Crippen LogP contribution < -0.4 is 4.74 Å². The van der Waals surface area contributed by atoms with Crippen molar-refractivity contribution in [2.75, 3.05) is 6.61 Å². The molecule has 0 spiro atoms. The van der Waals surface area contributed by atoms with E-state index in [9.17, 15) is 4.79 Å². The number of hydrogen-bond donors (Lipinski definition) is 1. The lowest BCUT2D eigenvalue weighted by molar-refractivity contribution is -0.131. The van der Waals surface area contributed by atoms with Gasteiger partial charge < -0.3 is 9.84 Å². The molecule has 0 unspecified atom stereocenters. The van der Waals surface area contributed by atoms with Crippen LogP contribution >= 0.6 is 46.6 Å². The lowest BCUT2D eigenvalue weighted by atomic mass is 10.2. The van der Waals surface area contributed by atoms with Gasteiger partial charge in [0.25, 0.3) is 0 Å². The van der Waals surface area contributed by atoms with Gasteiger partial charge in [0.1, 0.15) is 11.4 Å². The van der Waals surface area contributed by atoms with Crippen LogP contribution in [0.5, 0.6) is 5.75 Å². The molecular formula is C23H18Cl3NO3S. The Kier molecular flexibility index (Phi) is 8.67. The van der Waals surface area contributed by atoms with Crippen molar-refractivity contribution in [2.24, 2.45) is 0 Å². The fourth-order valence-electron chi connectivity index (χ4n) is 2.67. The minimum atomic E-state index is -1.06. The third-order valence-corrected chi connectivity index (χ3v) is 6.45. The molecule has 160 valence electrons. The van der Waals surface area contributed by atoms with Gasteiger partial charge in [-0.1, -0.05) is 53.0 Å². The van der Waals surface area contributed by atoms with E-state index >= 15 is 0 Å². The summed E-state index contributed by atoms with van der Waals surface area (Å²) in [6.07, 6.45) is 3.15. The van der Waals surface area contributed by atoms with E-state index in [-0.39, 0.29) is 0 Å². The lowest BCUT2D eigenvalue weighted by Gasteiger charge is -2.11. The van der Waals surface area contributed by atoms with Gasteiger partial charge in [0.05, 0.1) is 22.3 Å². The molecule has 2 aromatic carbocycles. The molecule has 0 aliphatic carbocycles. The summed E-state index contributed by atoms with van der Waals surface area (Å²) in [4.78, 5) is 16.3. The van der Waals surface area contributed by atoms with Crippen LogP contribution in [0, 0.1) is 0 Å². The molecule has 3 rings (SSSR count). The number of nitrogens with zero attached hydrogens (tertiary/aromatic N) is 1. The van der Waals surface area contributed by atoms with E-state index < -0.39 is 5.97 Å². The summed E-state index contributed by atoms with van der Waals surface area (Å²) in [5.74, 6) is -0.0323. The summed E-state index contributed by atoms with van der Waals surface area (Å²) in [5.41, 5.74) is 2.28. The predicted molar refractivity (Wildman–Crippen MR) is 128 cm³/mol. The smallest absolute Gasteiger partial charge is 0.328 e. The van der Waals surface area contributed by atoms with E-state index in [1.54, 1.807) is 24.3 Å². The van der Waals surface area contributed by atoms with Gasteiger partial charge >= 0.3 is 5.97 Å². The number of carbonyl (C=O) groups is 1. The largest absolute Gasteiger partial charge is 0.491 e. The van der Waals surface area contributed by atoms with Crippen molar-refractivity contribution in [1.82, 2.24) is 4.98 Å². The van der Waals surface area contributed by atoms with E-state index in [0.717, 1.165) is 22.2 Å². The highest BCUT2D eigenvalue weighted by atomic mass is 35.5. The first-order valence-electron chi connectivity index (χ1n) is 9.27. The quantitative estimate of drug-likeness (QED) is 0.255. The molecule has 0 bridgehead atoms. The molecule has 0 aliphatic rings. The number of pyridine rings is 1. The Balaban J connectivity index is 1.71. The second-order valence-corrected chi connectivity index (χ2v) is 8.66. The molecule has 1 aromatic heterocycles. The van der Waals surface area contributed by atoms with Crippen LogP contribution in [0.3, 0.4) is 0 Å². The standard InChI is InChI=1S/C23H18Cl3NO3S/c24-16-6-4-15(5-7-16)12-13-30-21-10-8-17(27-20(21)9-11-22(28)29)14-31-23-18(25)2-1-3-19(23)26/h1-11H,12-14H2,(H,28,29)/b11-9+. The maximum Gasteiger partial charge on any atom is 0.328 e. The number of rotatable bonds is 9. The average Bonchev–Trinajstić information content (AvgIpc) is 2.74. The number of aliphatic carboxylic acids is 1. The van der Waals surface area contributed by atoms with Crippen molar-refractivity contribution in [3.05, 3.63) is 92.7 Å². The number of hydrogen-bond acceptors (Lipinski definition) is 4. The van der Waals surface area contributed by atoms with Crippen molar-refractivity contribution >= 4 is 58.6 Å². The first-order valence-corrected chi connectivity index (χ1v) is 11.4. The average molecular weight is 495 g/mol. The van der Waals surface area contributed by atoms with Crippen LogP contribution in [0.4, 0.5) is 0 Å². The normalized spacial score (nSPS) is 11.1. The lowest BCUT2D eigenvalue weighted by Crippen LogP contribution is -2.04. The Hall–Kier alpha value is -2.18. The molecule has 0 fully saturated rings. The highest BCUT2D eigenvalue weighted by Gasteiger charge is 2.10. The van der Waals surface area contributed by atoms with E-state index in [1.165, 1.54) is 17.8 Å². The number of thioether (sulfide) groups is 1. The van der Waals surface area contributed by atoms with Gasteiger partial charge in [0.2, 0.25) is 0 Å². The monoisotopic (exact) mass is 493 g/mol. The molecule has 31 heavy (non-hydrogen) atoms. The van der Waals surface area contributed by atoms with Crippen LogP contribution in [-0.4, -0.2) is 22.7 Å². The predicted octanol–water partition coefficient (Wildman–Crippen LogP) is 7.05. The van der Waals surface area contributed by atoms with Crippen molar-refractivity contribution in [1.29, 1.82) is 0 Å². The maximum absolute atomic E-state index is 11.0. The Morgan fingerprint density at radius 3 is 2.42 bits per heavy atom. The van der Waals surface area contributed by atoms with E-state index in [2.05, 4.69) is 4.98 Å². The van der Waals surface area contributed by atoms with E-state index in [0.29, 0.717) is 45.3 Å². The zero-order valence-electron chi connectivity index (χ0n) is 16.2. The summed E-state index contributed by atoms with van der Waals surface area (Å²) in [7, 11) is 0. The van der Waals surface area contributed by atoms with Crippen molar-refractivity contribution < 1.29 is 14.6 Å². The summed E-state index contributed by atoms with van der Waals surface area (Å²) >= 11 is 19.8. The Labute approximate surface area is 199 Å². The van der Waals surface area contributed by atoms with Gasteiger partial charge in [-0.3, -0.25) is 0 Å². The number of aromatic nitrogens is 1. The molecule has 0 aliphatic heterocycles. The van der Waals surface area contributed by atoms with Crippen LogP contribution in [0.25, 0.3) is 6.08 Å². The fourth-order valence-corrected chi connectivity index (χ4v) is 4.39. The van der Waals surface area contributed by atoms with Crippen LogP contribution in [0.15, 0.2) is 65.6 Å². The van der Waals surface area contributed by atoms with E-state index in [4.69, 9.17) is 44.6 Å². The zero-order chi connectivity index (χ0) is 22.2. The Bertz CT molecular complexity index is 1070. The maximum atomic E-state index is 11.0. The fraction of sp³-hybridized carbons (Fsp3) is 0.130. The second-order valence-electron chi connectivity index (χ2n) is 6.42. The summed E-state index contributed by atoms with van der Waals surface area (Å²) < 4.78 is 5.87. The van der Waals surface area contributed by atoms with Crippen LogP contribution in [0.1, 0.15) is 17.0 Å². The molecule has 3 aromatic rings. The third-order valence-electron chi connectivity index (χ3n) is 4.17. The van der Waals surface area contributed by atoms with E-state index in [1.807, 2.05) is 30.3 Å². The highest BCUT2D eigenvalue weighted by Crippen LogP contribution is 2.35. The first kappa shape index (κ1) is 23.5. The van der Waals surface area contributed by atoms with Gasteiger partial charge in [-0.25, -0.2) is 9.78 Å². The molecule has 1 N–H and O–H groups in total. The van der Waals surface area contributed by atoms with Crippen molar-refractivity contribution in [2.45, 2.75) is 17.1 Å². The summed E-state index contributed by atoms with van der Waals surface area (Å²) in [6, 6.07) is 16.5. The molecule has 1 heterocycles. The van der Waals surface area contributed by atoms with Crippen molar-refractivity contribution in [3.8, 4) is 5.75 Å². The molecule has 8 heteroatoms. The van der Waals surface area contributed by atoms with Crippen molar-refractivity contribution in [3.63, 3.8) is 0 Å². The Morgan fingerprint density at radius 2 is 1.74 bits per heavy atom. The molecule has 0 radical (unpaired) electrons. The van der Waals surface area contributed by atoms with Crippen LogP contribution in [-0.2, 0) is 17.0 Å². The first-order chi connectivity index (χ1) is 14.9. The minimum Gasteiger partial charge on any atom is -0.491 e. The number of carboxylic acids is 1. The van der Waals surface area contributed by atoms with Gasteiger partial charge in [0.15, 0.2) is 0 Å². The van der Waals surface area contributed by atoms with Gasteiger partial charge in [-0.15, -0.1) is 11.8 Å². The SMILES string of the molecule is O=C(O)/C=C/c1nc(CSc2c(Cl)cccc2Cl)ccc1OCCc1ccc(Cl)cc1. The number of carboxylic acid groups (broad SMARTS) is 1. The molecule has 0 amide bonds. The molecule has 0 atom stereocenters. The molecular weight excluding hydrogens is 477 g/mol. The second kappa shape index (κ2) is 11.4. The van der Waals surface area contributed by atoms with Crippen LogP contribution in [0.2, 0.25) is 15.1 Å². The van der Waals surface area contributed by atoms with Gasteiger partial charge in [-0.2, -0.15) is 0 Å². The number of benzene rings is 2. The summed E-state index contributed by atoms with van der Waals surface area (Å²) in [6.45, 7) is 0.417. The molecule has 0 saturated heterocycles. The highest BCUT2D eigenvalue weighted by molar-refractivity contribution is 7.98. The summed E-state index contributed by atoms with van der Waals surface area (Å²) in [5, 5.41) is 10.8.